The van der Waals surface area contributed by atoms with Crippen molar-refractivity contribution in [1.82, 2.24) is 0 Å². The van der Waals surface area contributed by atoms with E-state index in [0.29, 0.717) is 12.1 Å². The van der Waals surface area contributed by atoms with Crippen LogP contribution in [0.4, 0.5) is 4.32 Å². The molecular formula is C9H16BFO4. The Balaban J connectivity index is 0. The van der Waals surface area contributed by atoms with Crippen molar-refractivity contribution in [2.75, 3.05) is 20.3 Å². The maximum absolute atomic E-state index is 13.2. The lowest BCUT2D eigenvalue weighted by Crippen LogP contribution is -2.30. The number of halogens is 1. The van der Waals surface area contributed by atoms with Crippen molar-refractivity contribution in [2.24, 2.45) is 0 Å². The van der Waals surface area contributed by atoms with Crippen LogP contribution in [0.5, 0.6) is 0 Å². The van der Waals surface area contributed by atoms with Gasteiger partial charge in [-0.05, 0) is 5.46 Å². The molecule has 0 aromatic heterocycles. The third kappa shape index (κ3) is 6.19. The van der Waals surface area contributed by atoms with E-state index in [0.717, 1.165) is 0 Å². The molecule has 0 bridgehead atoms. The monoisotopic (exact) mass is 218 g/mol. The third-order valence-electron chi connectivity index (χ3n) is 1.61. The summed E-state index contributed by atoms with van der Waals surface area (Å²) >= 11 is 0. The zero-order chi connectivity index (χ0) is 9.52. The molecule has 0 aliphatic rings. The molecule has 0 atom stereocenters. The van der Waals surface area contributed by atoms with Crippen molar-refractivity contribution in [1.29, 1.82) is 0 Å². The fraction of sp³-hybridized carbons (Fsp3) is 0.333. The van der Waals surface area contributed by atoms with Crippen LogP contribution in [0.3, 0.4) is 0 Å². The van der Waals surface area contributed by atoms with Crippen LogP contribution in [0.1, 0.15) is 0 Å². The zero-order valence-electron chi connectivity index (χ0n) is 8.57. The minimum absolute atomic E-state index is 0. The average molecular weight is 218 g/mol. The van der Waals surface area contributed by atoms with Gasteiger partial charge in [0, 0.05) is 7.11 Å². The molecule has 0 unspecified atom stereocenters. The Hall–Kier alpha value is -0.945. The number of hydrogen-bond donors (Lipinski definition) is 0. The predicted molar refractivity (Wildman–Crippen MR) is 58.0 cm³/mol. The third-order valence-corrected chi connectivity index (χ3v) is 1.61. The van der Waals surface area contributed by atoms with Gasteiger partial charge in [0.25, 0.3) is 0 Å². The molecule has 0 fully saturated rings. The highest BCUT2D eigenvalue weighted by atomic mass is 19.1. The summed E-state index contributed by atoms with van der Waals surface area (Å²) in [5.74, 6) is 0. The van der Waals surface area contributed by atoms with Crippen molar-refractivity contribution in [3.63, 3.8) is 0 Å². The predicted octanol–water partition coefficient (Wildman–Crippen LogP) is -0.635. The van der Waals surface area contributed by atoms with E-state index in [1.54, 1.807) is 31.4 Å². The number of hydrogen-bond acceptors (Lipinski definition) is 2. The highest BCUT2D eigenvalue weighted by Crippen LogP contribution is 1.91. The maximum Gasteiger partial charge on any atom is 0.534 e. The molecule has 1 rings (SSSR count). The van der Waals surface area contributed by atoms with Crippen molar-refractivity contribution >= 4 is 12.7 Å². The molecule has 4 nitrogen and oxygen atoms in total. The van der Waals surface area contributed by atoms with Gasteiger partial charge in [0.05, 0.1) is 13.2 Å². The number of benzene rings is 1. The summed E-state index contributed by atoms with van der Waals surface area (Å²) in [6.07, 6.45) is 0. The first-order chi connectivity index (χ1) is 6.34. The van der Waals surface area contributed by atoms with Crippen LogP contribution in [0.15, 0.2) is 30.3 Å². The minimum Gasteiger partial charge on any atom is -0.412 e. The van der Waals surface area contributed by atoms with Gasteiger partial charge in [-0.15, -0.1) is 0 Å². The molecule has 0 amide bonds. The van der Waals surface area contributed by atoms with E-state index < -0.39 is 7.19 Å². The quantitative estimate of drug-likeness (QED) is 0.486. The molecular weight excluding hydrogens is 202 g/mol. The fourth-order valence-corrected chi connectivity index (χ4v) is 0.935. The average Bonchev–Trinajstić information content (AvgIpc) is 2.19. The second-order valence-electron chi connectivity index (χ2n) is 2.59. The molecule has 0 spiro atoms. The summed E-state index contributed by atoms with van der Waals surface area (Å²) in [4.78, 5) is 0. The standard InChI is InChI=1S/C9H12BFO2.2H2O/c1-12-7-8-13-10(11)9-5-3-2-4-6-9;;/h2-6H,7-8H2,1H3;2*1H2. The van der Waals surface area contributed by atoms with Crippen LogP contribution in [0.2, 0.25) is 0 Å². The van der Waals surface area contributed by atoms with Crippen LogP contribution in [0, 0.1) is 0 Å². The fourth-order valence-electron chi connectivity index (χ4n) is 0.935. The van der Waals surface area contributed by atoms with Gasteiger partial charge in [0.15, 0.2) is 0 Å². The Bertz CT molecular complexity index is 235. The highest BCUT2D eigenvalue weighted by molar-refractivity contribution is 6.60. The molecule has 1 aromatic rings. The van der Waals surface area contributed by atoms with E-state index in [1.165, 1.54) is 0 Å². The summed E-state index contributed by atoms with van der Waals surface area (Å²) in [6.45, 7) is 0.680. The summed E-state index contributed by atoms with van der Waals surface area (Å²) in [6, 6.07) is 8.78. The smallest absolute Gasteiger partial charge is 0.412 e. The maximum atomic E-state index is 13.2. The first kappa shape index (κ1) is 16.5. The molecule has 1 aromatic carbocycles. The molecule has 15 heavy (non-hydrogen) atoms. The first-order valence-electron chi connectivity index (χ1n) is 4.14. The van der Waals surface area contributed by atoms with Crippen LogP contribution >= 0.6 is 0 Å². The molecule has 4 N–H and O–H groups in total. The van der Waals surface area contributed by atoms with Gasteiger partial charge in [-0.2, -0.15) is 0 Å². The largest absolute Gasteiger partial charge is 0.534 e. The molecule has 0 saturated carbocycles. The van der Waals surface area contributed by atoms with Gasteiger partial charge < -0.3 is 20.3 Å². The Labute approximate surface area is 88.8 Å². The van der Waals surface area contributed by atoms with Crippen molar-refractivity contribution < 1.29 is 24.7 Å². The van der Waals surface area contributed by atoms with Crippen LogP contribution < -0.4 is 5.46 Å². The molecule has 0 radical (unpaired) electrons. The van der Waals surface area contributed by atoms with E-state index in [2.05, 4.69) is 0 Å². The second-order valence-corrected chi connectivity index (χ2v) is 2.59. The lowest BCUT2D eigenvalue weighted by Gasteiger charge is -2.05. The van der Waals surface area contributed by atoms with E-state index in [1.807, 2.05) is 6.07 Å². The highest BCUT2D eigenvalue weighted by Gasteiger charge is 2.17. The summed E-state index contributed by atoms with van der Waals surface area (Å²) in [7, 11) is 0.204. The van der Waals surface area contributed by atoms with Crippen LogP contribution in [-0.4, -0.2) is 38.5 Å². The summed E-state index contributed by atoms with van der Waals surface area (Å²) in [5, 5.41) is 0. The number of rotatable bonds is 5. The Morgan fingerprint density at radius 3 is 2.27 bits per heavy atom. The Kier molecular flexibility index (Phi) is 10.6. The summed E-state index contributed by atoms with van der Waals surface area (Å²) in [5.41, 5.74) is 0.540. The topological polar surface area (TPSA) is 81.5 Å². The van der Waals surface area contributed by atoms with E-state index in [9.17, 15) is 4.32 Å². The molecule has 6 heteroatoms. The van der Waals surface area contributed by atoms with Crippen LogP contribution in [-0.2, 0) is 9.39 Å². The molecule has 0 aliphatic carbocycles. The second kappa shape index (κ2) is 9.60. The van der Waals surface area contributed by atoms with Gasteiger partial charge in [0.2, 0.25) is 0 Å². The molecule has 86 valence electrons. The minimum atomic E-state index is -1.35. The van der Waals surface area contributed by atoms with E-state index in [-0.39, 0.29) is 17.6 Å². The van der Waals surface area contributed by atoms with Crippen LogP contribution in [0.25, 0.3) is 0 Å². The number of ether oxygens (including phenoxy) is 1. The Morgan fingerprint density at radius 2 is 1.73 bits per heavy atom. The van der Waals surface area contributed by atoms with Gasteiger partial charge in [-0.25, -0.2) is 0 Å². The van der Waals surface area contributed by atoms with Gasteiger partial charge >= 0.3 is 7.19 Å². The normalized spacial score (nSPS) is 8.67. The van der Waals surface area contributed by atoms with Crippen molar-refractivity contribution in [3.05, 3.63) is 30.3 Å². The lowest BCUT2D eigenvalue weighted by molar-refractivity contribution is 0.142. The van der Waals surface area contributed by atoms with E-state index in [4.69, 9.17) is 9.39 Å². The molecule has 0 heterocycles. The van der Waals surface area contributed by atoms with Gasteiger partial charge in [0.1, 0.15) is 0 Å². The lowest BCUT2D eigenvalue weighted by atomic mass is 9.83. The summed E-state index contributed by atoms with van der Waals surface area (Å²) < 4.78 is 22.8. The molecule has 0 aliphatic heterocycles. The SMILES string of the molecule is COCCOB(F)c1ccccc1.O.O. The Morgan fingerprint density at radius 1 is 1.13 bits per heavy atom. The number of methoxy groups -OCH3 is 1. The van der Waals surface area contributed by atoms with Crippen molar-refractivity contribution in [2.45, 2.75) is 0 Å². The zero-order valence-corrected chi connectivity index (χ0v) is 8.57. The van der Waals surface area contributed by atoms with Gasteiger partial charge in [-0.1, -0.05) is 30.3 Å². The van der Waals surface area contributed by atoms with E-state index >= 15 is 0 Å². The molecule has 0 saturated heterocycles. The van der Waals surface area contributed by atoms with Crippen molar-refractivity contribution in [3.8, 4) is 0 Å². The van der Waals surface area contributed by atoms with Gasteiger partial charge in [-0.3, -0.25) is 4.32 Å². The first-order valence-corrected chi connectivity index (χ1v) is 4.14.